The number of nitrogens with one attached hydrogen (secondary N) is 1. The molecule has 2 amide bonds. The molecule has 0 aliphatic carbocycles. The molecule has 2 heterocycles. The molecule has 0 aromatic carbocycles. The average Bonchev–Trinajstić information content (AvgIpc) is 2.75. The first-order valence-corrected chi connectivity index (χ1v) is 7.13. The minimum absolute atomic E-state index is 0.0660. The smallest absolute Gasteiger partial charge is 0.312 e. The molecule has 2 rings (SSSR count). The van der Waals surface area contributed by atoms with Crippen LogP contribution in [0.25, 0.3) is 0 Å². The molecule has 2 aliphatic heterocycles. The van der Waals surface area contributed by atoms with Gasteiger partial charge in [-0.3, -0.25) is 9.59 Å². The maximum atomic E-state index is 12.2. The molecule has 0 aromatic heterocycles. The summed E-state index contributed by atoms with van der Waals surface area (Å²) in [4.78, 5) is 27.7. The number of amides is 2. The van der Waals surface area contributed by atoms with Gasteiger partial charge in [0.15, 0.2) is 0 Å². The van der Waals surface area contributed by atoms with Crippen molar-refractivity contribution in [2.45, 2.75) is 25.9 Å². The molecule has 2 fully saturated rings. The van der Waals surface area contributed by atoms with Crippen LogP contribution in [0.15, 0.2) is 0 Å². The zero-order chi connectivity index (χ0) is 13.7. The van der Waals surface area contributed by atoms with Gasteiger partial charge in [0.25, 0.3) is 0 Å². The third kappa shape index (κ3) is 3.67. The second-order valence-electron chi connectivity index (χ2n) is 5.05. The van der Waals surface area contributed by atoms with Crippen LogP contribution in [0.1, 0.15) is 19.8 Å². The van der Waals surface area contributed by atoms with Crippen molar-refractivity contribution in [1.82, 2.24) is 15.1 Å². The maximum absolute atomic E-state index is 12.2. The average molecular weight is 269 g/mol. The summed E-state index contributed by atoms with van der Waals surface area (Å²) in [6, 6.07) is 0. The van der Waals surface area contributed by atoms with E-state index in [1.54, 1.807) is 9.80 Å². The van der Waals surface area contributed by atoms with Crippen LogP contribution in [0.4, 0.5) is 0 Å². The first-order chi connectivity index (χ1) is 9.22. The summed E-state index contributed by atoms with van der Waals surface area (Å²) in [5, 5.41) is 3.23. The lowest BCUT2D eigenvalue weighted by Gasteiger charge is -2.33. The minimum atomic E-state index is -0.372. The summed E-state index contributed by atoms with van der Waals surface area (Å²) in [6.45, 7) is 6.57. The van der Waals surface area contributed by atoms with Crippen LogP contribution in [0, 0.1) is 0 Å². The van der Waals surface area contributed by atoms with Crippen LogP contribution >= 0.6 is 0 Å². The van der Waals surface area contributed by atoms with E-state index in [0.29, 0.717) is 32.8 Å². The molecule has 19 heavy (non-hydrogen) atoms. The van der Waals surface area contributed by atoms with Crippen molar-refractivity contribution in [3.05, 3.63) is 0 Å². The summed E-state index contributed by atoms with van der Waals surface area (Å²) < 4.78 is 5.52. The van der Waals surface area contributed by atoms with E-state index in [-0.39, 0.29) is 17.9 Å². The Morgan fingerprint density at radius 1 is 1.16 bits per heavy atom. The molecule has 1 unspecified atom stereocenters. The summed E-state index contributed by atoms with van der Waals surface area (Å²) in [7, 11) is 0. The second kappa shape index (κ2) is 6.86. The fourth-order valence-electron chi connectivity index (χ4n) is 2.47. The molecule has 0 spiro atoms. The lowest BCUT2D eigenvalue weighted by Crippen LogP contribution is -2.52. The monoisotopic (exact) mass is 269 g/mol. The van der Waals surface area contributed by atoms with E-state index in [9.17, 15) is 9.59 Å². The van der Waals surface area contributed by atoms with Crippen molar-refractivity contribution < 1.29 is 14.3 Å². The number of hydrogen-bond donors (Lipinski definition) is 1. The highest BCUT2D eigenvalue weighted by Crippen LogP contribution is 2.09. The number of ether oxygens (including phenoxy) is 1. The van der Waals surface area contributed by atoms with E-state index in [1.165, 1.54) is 0 Å². The Hall–Kier alpha value is -1.14. The molecule has 6 nitrogen and oxygen atoms in total. The van der Waals surface area contributed by atoms with Gasteiger partial charge in [-0.25, -0.2) is 0 Å². The first-order valence-electron chi connectivity index (χ1n) is 7.13. The molecule has 0 bridgehead atoms. The molecule has 108 valence electrons. The Bertz CT molecular complexity index is 327. The molecular weight excluding hydrogens is 246 g/mol. The fourth-order valence-corrected chi connectivity index (χ4v) is 2.47. The third-order valence-electron chi connectivity index (χ3n) is 3.69. The lowest BCUT2D eigenvalue weighted by atomic mass is 10.2. The molecule has 6 heteroatoms. The largest absolute Gasteiger partial charge is 0.375 e. The van der Waals surface area contributed by atoms with Gasteiger partial charge in [0.2, 0.25) is 0 Å². The highest BCUT2D eigenvalue weighted by Gasteiger charge is 2.30. The van der Waals surface area contributed by atoms with Crippen LogP contribution in [0.2, 0.25) is 0 Å². The molecule has 0 saturated carbocycles. The topological polar surface area (TPSA) is 61.9 Å². The number of hydrogen-bond acceptors (Lipinski definition) is 4. The quantitative estimate of drug-likeness (QED) is 0.649. The molecule has 0 radical (unpaired) electrons. The molecule has 1 atom stereocenters. The summed E-state index contributed by atoms with van der Waals surface area (Å²) in [6.07, 6.45) is 1.84. The van der Waals surface area contributed by atoms with Gasteiger partial charge >= 0.3 is 11.8 Å². The zero-order valence-electron chi connectivity index (χ0n) is 11.6. The number of carbonyl (C=O) groups is 2. The summed E-state index contributed by atoms with van der Waals surface area (Å²) in [5.74, 6) is -0.732. The van der Waals surface area contributed by atoms with Crippen molar-refractivity contribution in [3.63, 3.8) is 0 Å². The van der Waals surface area contributed by atoms with Gasteiger partial charge in [0, 0.05) is 32.7 Å². The van der Waals surface area contributed by atoms with Crippen LogP contribution in [0.5, 0.6) is 0 Å². The number of nitrogens with zero attached hydrogens (tertiary/aromatic N) is 2. The van der Waals surface area contributed by atoms with E-state index in [1.807, 2.05) is 6.92 Å². The lowest BCUT2D eigenvalue weighted by molar-refractivity contribution is -0.155. The van der Waals surface area contributed by atoms with Gasteiger partial charge < -0.3 is 19.9 Å². The number of carbonyl (C=O) groups excluding carboxylic acids is 2. The standard InChI is InChI=1S/C13H23N3O3/c1-2-11-10-16(8-9-19-11)13(18)12(17)15-6-3-4-14-5-7-15/h11,14H,2-10H2,1H3. The van der Waals surface area contributed by atoms with E-state index in [4.69, 9.17) is 4.74 Å². The van der Waals surface area contributed by atoms with Gasteiger partial charge in [-0.05, 0) is 19.4 Å². The summed E-state index contributed by atoms with van der Waals surface area (Å²) >= 11 is 0. The van der Waals surface area contributed by atoms with Crippen molar-refractivity contribution in [2.75, 3.05) is 45.9 Å². The van der Waals surface area contributed by atoms with Crippen molar-refractivity contribution in [3.8, 4) is 0 Å². The van der Waals surface area contributed by atoms with Crippen LogP contribution in [-0.2, 0) is 14.3 Å². The minimum Gasteiger partial charge on any atom is -0.375 e. The second-order valence-corrected chi connectivity index (χ2v) is 5.05. The van der Waals surface area contributed by atoms with Gasteiger partial charge in [-0.15, -0.1) is 0 Å². The predicted molar refractivity (Wildman–Crippen MR) is 70.7 cm³/mol. The third-order valence-corrected chi connectivity index (χ3v) is 3.69. The maximum Gasteiger partial charge on any atom is 0.312 e. The Balaban J connectivity index is 1.92. The van der Waals surface area contributed by atoms with Gasteiger partial charge in [0.1, 0.15) is 0 Å². The Morgan fingerprint density at radius 2 is 1.95 bits per heavy atom. The molecule has 0 aromatic rings. The molecule has 1 N–H and O–H groups in total. The van der Waals surface area contributed by atoms with E-state index in [2.05, 4.69) is 5.32 Å². The Labute approximate surface area is 114 Å². The van der Waals surface area contributed by atoms with Crippen molar-refractivity contribution >= 4 is 11.8 Å². The fraction of sp³-hybridized carbons (Fsp3) is 0.846. The molecule has 2 saturated heterocycles. The van der Waals surface area contributed by atoms with E-state index < -0.39 is 0 Å². The molecule has 2 aliphatic rings. The van der Waals surface area contributed by atoms with Crippen molar-refractivity contribution in [1.29, 1.82) is 0 Å². The van der Waals surface area contributed by atoms with Crippen molar-refractivity contribution in [2.24, 2.45) is 0 Å². The SMILES string of the molecule is CCC1CN(C(=O)C(=O)N2CCCNCC2)CCO1. The highest BCUT2D eigenvalue weighted by molar-refractivity contribution is 6.34. The first kappa shape index (κ1) is 14.3. The Kier molecular flexibility index (Phi) is 5.15. The normalized spacial score (nSPS) is 25.0. The highest BCUT2D eigenvalue weighted by atomic mass is 16.5. The van der Waals surface area contributed by atoms with Crippen LogP contribution < -0.4 is 5.32 Å². The van der Waals surface area contributed by atoms with E-state index in [0.717, 1.165) is 25.9 Å². The van der Waals surface area contributed by atoms with E-state index >= 15 is 0 Å². The predicted octanol–water partition coefficient (Wildman–Crippen LogP) is -0.554. The summed E-state index contributed by atoms with van der Waals surface area (Å²) in [5.41, 5.74) is 0. The van der Waals surface area contributed by atoms with Crippen LogP contribution in [0.3, 0.4) is 0 Å². The van der Waals surface area contributed by atoms with Gasteiger partial charge in [-0.1, -0.05) is 6.92 Å². The Morgan fingerprint density at radius 3 is 2.74 bits per heavy atom. The molecular formula is C13H23N3O3. The van der Waals surface area contributed by atoms with Gasteiger partial charge in [0.05, 0.1) is 12.7 Å². The zero-order valence-corrected chi connectivity index (χ0v) is 11.6. The number of morpholine rings is 1. The van der Waals surface area contributed by atoms with Crippen LogP contribution in [-0.4, -0.2) is 73.6 Å². The van der Waals surface area contributed by atoms with Gasteiger partial charge in [-0.2, -0.15) is 0 Å². The number of rotatable bonds is 1.